The molecule has 2 saturated heterocycles. The predicted octanol–water partition coefficient (Wildman–Crippen LogP) is 0.228. The molecule has 2 fully saturated rings. The highest BCUT2D eigenvalue weighted by molar-refractivity contribution is 5.95. The van der Waals surface area contributed by atoms with Crippen molar-refractivity contribution in [2.45, 2.75) is 25.5 Å². The second kappa shape index (κ2) is 5.61. The van der Waals surface area contributed by atoms with E-state index in [1.807, 2.05) is 4.90 Å². The number of carbonyl (C=O) groups excluding carboxylic acids is 1. The summed E-state index contributed by atoms with van der Waals surface area (Å²) >= 11 is 0. The fraction of sp³-hybridized carbons (Fsp3) is 0.600. The molecular formula is C15H21N3O3. The van der Waals surface area contributed by atoms with E-state index >= 15 is 0 Å². The normalized spacial score (nSPS) is 26.5. The van der Waals surface area contributed by atoms with Crippen LogP contribution in [0.25, 0.3) is 0 Å². The van der Waals surface area contributed by atoms with Crippen molar-refractivity contribution < 1.29 is 9.53 Å². The van der Waals surface area contributed by atoms with E-state index in [0.29, 0.717) is 24.3 Å². The van der Waals surface area contributed by atoms with Gasteiger partial charge in [0, 0.05) is 31.4 Å². The van der Waals surface area contributed by atoms with E-state index in [1.54, 1.807) is 13.0 Å². The van der Waals surface area contributed by atoms with Gasteiger partial charge in [-0.15, -0.1) is 0 Å². The van der Waals surface area contributed by atoms with Gasteiger partial charge in [0.1, 0.15) is 0 Å². The molecule has 2 atom stereocenters. The average Bonchev–Trinajstić information content (AvgIpc) is 2.47. The van der Waals surface area contributed by atoms with Gasteiger partial charge in [0.25, 0.3) is 5.91 Å². The number of H-pyrrole nitrogens is 1. The van der Waals surface area contributed by atoms with E-state index in [4.69, 9.17) is 4.74 Å². The number of fused-ring (bicyclic) bond motifs is 1. The molecule has 114 valence electrons. The first-order chi connectivity index (χ1) is 10.1. The number of rotatable bonds is 1. The summed E-state index contributed by atoms with van der Waals surface area (Å²) in [7, 11) is 2.08. The minimum Gasteiger partial charge on any atom is -0.375 e. The minimum atomic E-state index is -0.178. The molecule has 6 heteroatoms. The number of aromatic amines is 1. The molecule has 3 heterocycles. The van der Waals surface area contributed by atoms with Crippen molar-refractivity contribution in [2.24, 2.45) is 0 Å². The van der Waals surface area contributed by atoms with Crippen molar-refractivity contribution in [2.75, 3.05) is 33.3 Å². The lowest BCUT2D eigenvalue weighted by atomic mass is 9.98. The first-order valence-electron chi connectivity index (χ1n) is 7.37. The van der Waals surface area contributed by atoms with Crippen LogP contribution in [0.3, 0.4) is 0 Å². The lowest BCUT2D eigenvalue weighted by molar-refractivity contribution is -0.0893. The molecule has 0 aromatic carbocycles. The third kappa shape index (κ3) is 2.73. The molecule has 3 rings (SSSR count). The van der Waals surface area contributed by atoms with Gasteiger partial charge in [-0.05, 0) is 26.5 Å². The van der Waals surface area contributed by atoms with Crippen LogP contribution < -0.4 is 5.56 Å². The second-order valence-electron chi connectivity index (χ2n) is 5.86. The first-order valence-corrected chi connectivity index (χ1v) is 7.37. The zero-order valence-electron chi connectivity index (χ0n) is 12.5. The lowest BCUT2D eigenvalue weighted by Gasteiger charge is -2.45. The Balaban J connectivity index is 1.78. The van der Waals surface area contributed by atoms with Gasteiger partial charge < -0.3 is 14.6 Å². The molecule has 1 aromatic heterocycles. The summed E-state index contributed by atoms with van der Waals surface area (Å²) in [6, 6.07) is 3.28. The second-order valence-corrected chi connectivity index (χ2v) is 5.86. The van der Waals surface area contributed by atoms with Crippen LogP contribution in [0.2, 0.25) is 0 Å². The third-order valence-corrected chi connectivity index (χ3v) is 4.50. The smallest absolute Gasteiger partial charge is 0.255 e. The number of nitrogens with zero attached hydrogens (tertiary/aromatic N) is 2. The number of morpholine rings is 1. The summed E-state index contributed by atoms with van der Waals surface area (Å²) < 4.78 is 5.80. The van der Waals surface area contributed by atoms with E-state index in [-0.39, 0.29) is 23.6 Å². The van der Waals surface area contributed by atoms with Gasteiger partial charge in [0.05, 0.1) is 24.3 Å². The lowest BCUT2D eigenvalue weighted by Crippen LogP contribution is -2.59. The molecular weight excluding hydrogens is 270 g/mol. The van der Waals surface area contributed by atoms with Gasteiger partial charge in [-0.3, -0.25) is 14.5 Å². The van der Waals surface area contributed by atoms with E-state index in [1.165, 1.54) is 6.07 Å². The number of pyridine rings is 1. The monoisotopic (exact) mass is 291 g/mol. The fourth-order valence-corrected chi connectivity index (χ4v) is 3.21. The molecule has 1 aromatic rings. The predicted molar refractivity (Wildman–Crippen MR) is 78.5 cm³/mol. The van der Waals surface area contributed by atoms with E-state index in [2.05, 4.69) is 16.9 Å². The molecule has 0 unspecified atom stereocenters. The molecule has 0 radical (unpaired) electrons. The summed E-state index contributed by atoms with van der Waals surface area (Å²) in [4.78, 5) is 30.8. The maximum absolute atomic E-state index is 12.7. The highest BCUT2D eigenvalue weighted by atomic mass is 16.5. The number of ether oxygens (including phenoxy) is 1. The molecule has 0 aliphatic carbocycles. The van der Waals surface area contributed by atoms with E-state index in [9.17, 15) is 9.59 Å². The van der Waals surface area contributed by atoms with Crippen LogP contribution >= 0.6 is 0 Å². The molecule has 1 amide bonds. The molecule has 0 saturated carbocycles. The Labute approximate surface area is 123 Å². The molecule has 6 nitrogen and oxygen atoms in total. The topological polar surface area (TPSA) is 65.6 Å². The number of likely N-dealkylation sites (tertiary alicyclic amines) is 1. The highest BCUT2D eigenvalue weighted by Crippen LogP contribution is 2.23. The summed E-state index contributed by atoms with van der Waals surface area (Å²) in [5.41, 5.74) is 1.03. The summed E-state index contributed by atoms with van der Waals surface area (Å²) in [5.74, 6) is -0.0128. The number of carbonyl (C=O) groups is 1. The Bertz CT molecular complexity index is 598. The standard InChI is InChI=1S/C15H21N3O3/c1-10-11(3-4-14(19)16-10)15(20)18-6-5-13-12(9-18)17(2)7-8-21-13/h3-4,12-13H,5-9H2,1-2H3,(H,16,19)/t12-,13-/m1/s1. The molecule has 21 heavy (non-hydrogen) atoms. The van der Waals surface area contributed by atoms with Crippen LogP contribution in [-0.4, -0.2) is 66.1 Å². The van der Waals surface area contributed by atoms with Crippen LogP contribution in [0.5, 0.6) is 0 Å². The maximum Gasteiger partial charge on any atom is 0.255 e. The zero-order chi connectivity index (χ0) is 15.0. The quantitative estimate of drug-likeness (QED) is 0.804. The van der Waals surface area contributed by atoms with Crippen LogP contribution in [0.4, 0.5) is 0 Å². The van der Waals surface area contributed by atoms with Gasteiger partial charge in [-0.25, -0.2) is 0 Å². The molecule has 0 bridgehead atoms. The van der Waals surface area contributed by atoms with Crippen molar-refractivity contribution in [3.63, 3.8) is 0 Å². The van der Waals surface area contributed by atoms with Crippen molar-refractivity contribution >= 4 is 5.91 Å². The van der Waals surface area contributed by atoms with E-state index < -0.39 is 0 Å². The molecule has 2 aliphatic heterocycles. The molecule has 2 aliphatic rings. The first kappa shape index (κ1) is 14.3. The highest BCUT2D eigenvalue weighted by Gasteiger charge is 2.37. The van der Waals surface area contributed by atoms with Crippen LogP contribution in [0.15, 0.2) is 16.9 Å². The van der Waals surface area contributed by atoms with Crippen LogP contribution in [0.1, 0.15) is 22.5 Å². The number of hydrogen-bond donors (Lipinski definition) is 1. The SMILES string of the molecule is Cc1[nH]c(=O)ccc1C(=O)N1CC[C@H]2OCCN(C)[C@@H]2C1. The van der Waals surface area contributed by atoms with Gasteiger partial charge >= 0.3 is 0 Å². The van der Waals surface area contributed by atoms with Gasteiger partial charge in [-0.1, -0.05) is 0 Å². The molecule has 1 N–H and O–H groups in total. The zero-order valence-corrected chi connectivity index (χ0v) is 12.5. The fourth-order valence-electron chi connectivity index (χ4n) is 3.21. The third-order valence-electron chi connectivity index (χ3n) is 4.50. The minimum absolute atomic E-state index is 0.0128. The Hall–Kier alpha value is -1.66. The summed E-state index contributed by atoms with van der Waals surface area (Å²) in [6.07, 6.45) is 1.09. The van der Waals surface area contributed by atoms with Gasteiger partial charge in [-0.2, -0.15) is 0 Å². The number of nitrogens with one attached hydrogen (secondary N) is 1. The van der Waals surface area contributed by atoms with Crippen molar-refractivity contribution in [3.05, 3.63) is 33.7 Å². The van der Waals surface area contributed by atoms with Gasteiger partial charge in [0.15, 0.2) is 0 Å². The van der Waals surface area contributed by atoms with Crippen LogP contribution in [0, 0.1) is 6.92 Å². The Morgan fingerprint density at radius 2 is 2.19 bits per heavy atom. The van der Waals surface area contributed by atoms with Crippen molar-refractivity contribution in [1.29, 1.82) is 0 Å². The number of hydrogen-bond acceptors (Lipinski definition) is 4. The number of aromatic nitrogens is 1. The number of amides is 1. The summed E-state index contributed by atoms with van der Waals surface area (Å²) in [5, 5.41) is 0. The van der Waals surface area contributed by atoms with Gasteiger partial charge in [0.2, 0.25) is 5.56 Å². The largest absolute Gasteiger partial charge is 0.375 e. The van der Waals surface area contributed by atoms with E-state index in [0.717, 1.165) is 19.6 Å². The average molecular weight is 291 g/mol. The number of likely N-dealkylation sites (N-methyl/N-ethyl adjacent to an activating group) is 1. The Morgan fingerprint density at radius 3 is 2.95 bits per heavy atom. The Morgan fingerprint density at radius 1 is 1.38 bits per heavy atom. The number of piperidine rings is 1. The maximum atomic E-state index is 12.7. The summed E-state index contributed by atoms with van der Waals surface area (Å²) in [6.45, 7) is 4.81. The Kier molecular flexibility index (Phi) is 3.82. The van der Waals surface area contributed by atoms with Crippen molar-refractivity contribution in [1.82, 2.24) is 14.8 Å². The van der Waals surface area contributed by atoms with Crippen molar-refractivity contribution in [3.8, 4) is 0 Å². The van der Waals surface area contributed by atoms with Crippen LogP contribution in [-0.2, 0) is 4.74 Å². The number of aryl methyl sites for hydroxylation is 1. The molecule has 0 spiro atoms.